The summed E-state index contributed by atoms with van der Waals surface area (Å²) in [7, 11) is 1.90. The first-order chi connectivity index (χ1) is 6.16. The van der Waals surface area contributed by atoms with Crippen LogP contribution in [0.3, 0.4) is 0 Å². The quantitative estimate of drug-likeness (QED) is 0.755. The predicted molar refractivity (Wildman–Crippen MR) is 47.2 cm³/mol. The second-order valence-corrected chi connectivity index (χ2v) is 11.5. The summed E-state index contributed by atoms with van der Waals surface area (Å²) in [6.07, 6.45) is 7.43. The van der Waals surface area contributed by atoms with E-state index < -0.39 is 31.0 Å². The molecule has 0 aromatic carbocycles. The van der Waals surface area contributed by atoms with Gasteiger partial charge in [0.1, 0.15) is 0 Å². The second-order valence-electron chi connectivity index (χ2n) is 3.48. The molecular weight excluding hydrogens is 357 g/mol. The van der Waals surface area contributed by atoms with Crippen LogP contribution in [-0.4, -0.2) is 18.2 Å². The Balaban J connectivity index is 0.000000310. The molecule has 0 saturated heterocycles. The van der Waals surface area contributed by atoms with Crippen LogP contribution in [0.15, 0.2) is 0 Å². The molecule has 0 bridgehead atoms. The minimum absolute atomic E-state index is 0.790. The molecule has 74 valence electrons. The first-order valence-corrected chi connectivity index (χ1v) is 10.3. The average molecular weight is 375 g/mol. The maximum absolute atomic E-state index is 9.00. The molecule has 3 nitrogen and oxygen atoms in total. The van der Waals surface area contributed by atoms with Crippen molar-refractivity contribution in [3.8, 4) is 0 Å². The SMILES string of the molecule is CC(=O)O.C[O][Hg][CH]1CCCCC1. The fourth-order valence-electron chi connectivity index (χ4n) is 1.59. The molecule has 0 radical (unpaired) electrons. The number of hydrogen-bond donors (Lipinski definition) is 1. The van der Waals surface area contributed by atoms with Gasteiger partial charge in [-0.3, -0.25) is 4.79 Å². The van der Waals surface area contributed by atoms with E-state index in [1.165, 1.54) is 32.1 Å². The third kappa shape index (κ3) is 10.3. The molecule has 0 unspecified atom stereocenters. The Morgan fingerprint density at radius 1 is 1.38 bits per heavy atom. The number of hydrogen-bond acceptors (Lipinski definition) is 2. The van der Waals surface area contributed by atoms with Crippen molar-refractivity contribution >= 4 is 5.97 Å². The predicted octanol–water partition coefficient (Wildman–Crippen LogP) is 2.47. The van der Waals surface area contributed by atoms with E-state index in [0.29, 0.717) is 0 Å². The Bertz CT molecular complexity index is 126. The van der Waals surface area contributed by atoms with Crippen LogP contribution in [0.2, 0.25) is 3.43 Å². The van der Waals surface area contributed by atoms with Gasteiger partial charge >= 0.3 is 70.3 Å². The van der Waals surface area contributed by atoms with Gasteiger partial charge in [-0.2, -0.15) is 0 Å². The van der Waals surface area contributed by atoms with Crippen LogP contribution in [0.4, 0.5) is 0 Å². The monoisotopic (exact) mass is 376 g/mol. The van der Waals surface area contributed by atoms with Crippen molar-refractivity contribution in [2.75, 3.05) is 7.11 Å². The van der Waals surface area contributed by atoms with Crippen LogP contribution in [0, 0.1) is 0 Å². The van der Waals surface area contributed by atoms with Gasteiger partial charge in [-0.05, 0) is 0 Å². The first-order valence-electron chi connectivity index (χ1n) is 4.85. The molecule has 1 saturated carbocycles. The molecule has 0 heterocycles. The van der Waals surface area contributed by atoms with E-state index in [9.17, 15) is 0 Å². The van der Waals surface area contributed by atoms with Gasteiger partial charge in [0, 0.05) is 6.92 Å². The number of aliphatic carboxylic acids is 1. The maximum atomic E-state index is 9.00. The molecule has 0 aliphatic heterocycles. The Hall–Kier alpha value is 0.365. The van der Waals surface area contributed by atoms with E-state index in [2.05, 4.69) is 0 Å². The first kappa shape index (κ1) is 13.4. The van der Waals surface area contributed by atoms with Crippen molar-refractivity contribution in [2.24, 2.45) is 0 Å². The van der Waals surface area contributed by atoms with E-state index in [1.807, 2.05) is 7.11 Å². The van der Waals surface area contributed by atoms with Crippen molar-refractivity contribution in [1.82, 2.24) is 0 Å². The molecule has 0 aromatic heterocycles. The van der Waals surface area contributed by atoms with E-state index in [-0.39, 0.29) is 0 Å². The number of rotatable bonds is 2. The van der Waals surface area contributed by atoms with Gasteiger partial charge in [-0.15, -0.1) is 0 Å². The van der Waals surface area contributed by atoms with Crippen LogP contribution in [0.1, 0.15) is 39.0 Å². The minimum atomic E-state index is -0.833. The third-order valence-electron chi connectivity index (χ3n) is 2.13. The number of carboxylic acids is 1. The molecule has 1 rings (SSSR count). The van der Waals surface area contributed by atoms with E-state index in [0.717, 1.165) is 10.4 Å². The van der Waals surface area contributed by atoms with Gasteiger partial charge in [-0.1, -0.05) is 0 Å². The molecule has 4 heteroatoms. The van der Waals surface area contributed by atoms with Gasteiger partial charge in [0.2, 0.25) is 0 Å². The van der Waals surface area contributed by atoms with Crippen molar-refractivity contribution < 1.29 is 37.6 Å². The summed E-state index contributed by atoms with van der Waals surface area (Å²) in [6, 6.07) is 0. The normalized spacial score (nSPS) is 16.8. The van der Waals surface area contributed by atoms with Gasteiger partial charge in [0.15, 0.2) is 0 Å². The van der Waals surface area contributed by atoms with Crippen LogP contribution < -0.4 is 0 Å². The van der Waals surface area contributed by atoms with Crippen molar-refractivity contribution in [3.05, 3.63) is 0 Å². The van der Waals surface area contributed by atoms with Crippen molar-refractivity contribution in [2.45, 2.75) is 42.5 Å². The Morgan fingerprint density at radius 2 is 1.85 bits per heavy atom. The molecular formula is C9H18HgO3. The molecule has 0 spiro atoms. The topological polar surface area (TPSA) is 46.5 Å². The van der Waals surface area contributed by atoms with E-state index >= 15 is 0 Å². The molecule has 13 heavy (non-hydrogen) atoms. The van der Waals surface area contributed by atoms with Crippen molar-refractivity contribution in [3.63, 3.8) is 0 Å². The number of carboxylic acid groups (broad SMARTS) is 1. The van der Waals surface area contributed by atoms with Crippen LogP contribution in [0.25, 0.3) is 0 Å². The Kier molecular flexibility index (Phi) is 9.19. The molecule has 1 N–H and O–H groups in total. The standard InChI is InChI=1S/C6H11.C2H4O2.CH3O.Hg/c1-2-4-6-5-3-1;1-2(3)4;1-2;/h1H,2-6H2;1H3,(H,3,4);1H3;/q;;-1;+1. The zero-order valence-corrected chi connectivity index (χ0v) is 14.1. The molecule has 0 aromatic rings. The summed E-state index contributed by atoms with van der Waals surface area (Å²) in [5.41, 5.74) is 0. The second kappa shape index (κ2) is 8.94. The summed E-state index contributed by atoms with van der Waals surface area (Å²) in [5.74, 6) is -0.833. The van der Waals surface area contributed by atoms with Crippen LogP contribution >= 0.6 is 0 Å². The van der Waals surface area contributed by atoms with Crippen molar-refractivity contribution in [1.29, 1.82) is 0 Å². The van der Waals surface area contributed by atoms with Gasteiger partial charge in [-0.25, -0.2) is 0 Å². The summed E-state index contributed by atoms with van der Waals surface area (Å²) in [4.78, 5) is 9.00. The Labute approximate surface area is 93.0 Å². The van der Waals surface area contributed by atoms with Gasteiger partial charge in [0.05, 0.1) is 0 Å². The van der Waals surface area contributed by atoms with E-state index in [1.54, 1.807) is 0 Å². The van der Waals surface area contributed by atoms with Gasteiger partial charge in [0.25, 0.3) is 5.97 Å². The molecule has 1 aliphatic carbocycles. The summed E-state index contributed by atoms with van der Waals surface area (Å²) in [5, 5.41) is 7.42. The zero-order chi connectivity index (χ0) is 10.1. The fraction of sp³-hybridized carbons (Fsp3) is 0.889. The molecule has 0 amide bonds. The third-order valence-corrected chi connectivity index (χ3v) is 8.43. The summed E-state index contributed by atoms with van der Waals surface area (Å²) in [6.45, 7) is 1.08. The summed E-state index contributed by atoms with van der Waals surface area (Å²) >= 11 is -0.790. The van der Waals surface area contributed by atoms with Crippen LogP contribution in [0.5, 0.6) is 0 Å². The van der Waals surface area contributed by atoms with Crippen LogP contribution in [-0.2, 0) is 32.5 Å². The Morgan fingerprint density at radius 3 is 2.23 bits per heavy atom. The molecule has 1 fully saturated rings. The number of carbonyl (C=O) groups is 1. The average Bonchev–Trinajstić information content (AvgIpc) is 2.06. The zero-order valence-electron chi connectivity index (χ0n) is 8.58. The fourth-order valence-corrected chi connectivity index (χ4v) is 6.96. The van der Waals surface area contributed by atoms with E-state index in [4.69, 9.17) is 12.5 Å². The molecule has 0 atom stereocenters. The van der Waals surface area contributed by atoms with Gasteiger partial charge < -0.3 is 5.11 Å². The molecule has 1 aliphatic rings. The summed E-state index contributed by atoms with van der Waals surface area (Å²) < 4.78 is 6.40.